The number of sulfone groups is 1. The van der Waals surface area contributed by atoms with Gasteiger partial charge in [0.2, 0.25) is 5.92 Å². The van der Waals surface area contributed by atoms with E-state index >= 15 is 0 Å². The van der Waals surface area contributed by atoms with E-state index in [1.807, 2.05) is 6.92 Å². The van der Waals surface area contributed by atoms with Gasteiger partial charge < -0.3 is 0 Å². The zero-order chi connectivity index (χ0) is 14.4. The van der Waals surface area contributed by atoms with Crippen molar-refractivity contribution in [3.8, 4) is 6.07 Å². The van der Waals surface area contributed by atoms with Crippen molar-refractivity contribution in [3.05, 3.63) is 0 Å². The van der Waals surface area contributed by atoms with Crippen molar-refractivity contribution in [2.75, 3.05) is 17.3 Å². The Morgan fingerprint density at radius 2 is 1.83 bits per heavy atom. The van der Waals surface area contributed by atoms with Crippen LogP contribution in [-0.2, 0) is 9.84 Å². The number of hydrogen-bond acceptors (Lipinski definition) is 4. The lowest BCUT2D eigenvalue weighted by atomic mass is 10.0. The second-order valence-corrected chi connectivity index (χ2v) is 8.36. The van der Waals surface area contributed by atoms with Crippen LogP contribution in [0.15, 0.2) is 0 Å². The summed E-state index contributed by atoms with van der Waals surface area (Å²) in [5.74, 6) is -1.93. The molecule has 18 heavy (non-hydrogen) atoms. The van der Waals surface area contributed by atoms with Crippen LogP contribution in [-0.4, -0.2) is 36.3 Å². The number of hydrogen-bond donors (Lipinski definition) is 0. The summed E-state index contributed by atoms with van der Waals surface area (Å²) in [5, 5.41) is 8.99. The van der Waals surface area contributed by atoms with Gasteiger partial charge in [0.15, 0.2) is 14.6 Å². The summed E-state index contributed by atoms with van der Waals surface area (Å²) >= 11 is 1.45. The Hall–Kier alpha value is -0.350. The fraction of sp³-hybridized carbons (Fsp3) is 0.909. The molecule has 0 radical (unpaired) electrons. The van der Waals surface area contributed by atoms with Gasteiger partial charge in [-0.25, -0.2) is 17.2 Å². The van der Waals surface area contributed by atoms with Crippen molar-refractivity contribution >= 4 is 21.6 Å². The van der Waals surface area contributed by atoms with Crippen molar-refractivity contribution in [1.29, 1.82) is 5.26 Å². The third kappa shape index (κ3) is 5.53. The quantitative estimate of drug-likeness (QED) is 0.647. The topological polar surface area (TPSA) is 57.9 Å². The predicted octanol–water partition coefficient (Wildman–Crippen LogP) is 2.87. The van der Waals surface area contributed by atoms with Gasteiger partial charge in [-0.15, -0.1) is 0 Å². The summed E-state index contributed by atoms with van der Waals surface area (Å²) in [6, 6.07) is 1.69. The van der Waals surface area contributed by atoms with Gasteiger partial charge in [-0.1, -0.05) is 6.92 Å². The van der Waals surface area contributed by atoms with Crippen LogP contribution in [0.1, 0.15) is 33.6 Å². The van der Waals surface area contributed by atoms with Crippen molar-refractivity contribution in [1.82, 2.24) is 0 Å². The highest BCUT2D eigenvalue weighted by Crippen LogP contribution is 2.29. The molecule has 106 valence electrons. The molecule has 0 aliphatic carbocycles. The number of nitrogens with zero attached hydrogens (tertiary/aromatic N) is 1. The summed E-state index contributed by atoms with van der Waals surface area (Å²) < 4.78 is 47.8. The number of alkyl halides is 2. The van der Waals surface area contributed by atoms with Crippen LogP contribution in [0.3, 0.4) is 0 Å². The minimum atomic E-state index is -3.68. The van der Waals surface area contributed by atoms with Gasteiger partial charge in [0.1, 0.15) is 0 Å². The zero-order valence-electron chi connectivity index (χ0n) is 10.9. The Morgan fingerprint density at radius 3 is 2.22 bits per heavy atom. The first kappa shape index (κ1) is 17.6. The number of nitriles is 1. The summed E-state index contributed by atoms with van der Waals surface area (Å²) in [4.78, 5) is 0. The number of thioether (sulfide) groups is 1. The van der Waals surface area contributed by atoms with Crippen molar-refractivity contribution < 1.29 is 17.2 Å². The molecule has 0 amide bonds. The molecule has 7 heteroatoms. The normalized spacial score (nSPS) is 16.0. The maximum Gasteiger partial charge on any atom is 0.245 e. The molecule has 0 rings (SSSR count). The van der Waals surface area contributed by atoms with E-state index in [1.54, 1.807) is 6.07 Å². The lowest BCUT2D eigenvalue weighted by Crippen LogP contribution is -2.37. The van der Waals surface area contributed by atoms with Crippen LogP contribution in [0, 0.1) is 11.3 Å². The first-order valence-corrected chi connectivity index (χ1v) is 8.48. The van der Waals surface area contributed by atoms with Crippen LogP contribution in [0.25, 0.3) is 0 Å². The van der Waals surface area contributed by atoms with E-state index in [-0.39, 0.29) is 12.2 Å². The molecule has 0 aromatic rings. The Labute approximate surface area is 112 Å². The van der Waals surface area contributed by atoms with Gasteiger partial charge in [0.05, 0.1) is 11.8 Å². The van der Waals surface area contributed by atoms with Crippen LogP contribution in [0.4, 0.5) is 8.78 Å². The highest BCUT2D eigenvalue weighted by Gasteiger charge is 2.40. The molecule has 0 N–H and O–H groups in total. The Morgan fingerprint density at radius 1 is 1.28 bits per heavy atom. The van der Waals surface area contributed by atoms with E-state index < -0.39 is 26.9 Å². The fourth-order valence-electron chi connectivity index (χ4n) is 1.28. The lowest BCUT2D eigenvalue weighted by molar-refractivity contribution is 0.00968. The minimum Gasteiger partial charge on any atom is -0.227 e. The second kappa shape index (κ2) is 6.71. The Bertz CT molecular complexity index is 398. The molecule has 3 nitrogen and oxygen atoms in total. The molecule has 0 saturated heterocycles. The minimum absolute atomic E-state index is 0.148. The van der Waals surface area contributed by atoms with Gasteiger partial charge in [-0.3, -0.25) is 0 Å². The van der Waals surface area contributed by atoms with Crippen molar-refractivity contribution in [3.63, 3.8) is 0 Å². The summed E-state index contributed by atoms with van der Waals surface area (Å²) in [5.41, 5.74) is 0. The van der Waals surface area contributed by atoms with Crippen LogP contribution in [0.5, 0.6) is 0 Å². The monoisotopic (exact) mass is 299 g/mol. The van der Waals surface area contributed by atoms with Gasteiger partial charge in [0, 0.05) is 12.2 Å². The first-order valence-electron chi connectivity index (χ1n) is 5.67. The van der Waals surface area contributed by atoms with E-state index in [0.29, 0.717) is 5.75 Å². The van der Waals surface area contributed by atoms with Crippen LogP contribution < -0.4 is 0 Å². The second-order valence-electron chi connectivity index (χ2n) is 4.43. The molecule has 0 heterocycles. The maximum atomic E-state index is 12.8. The van der Waals surface area contributed by atoms with Gasteiger partial charge >= 0.3 is 0 Å². The van der Waals surface area contributed by atoms with Crippen LogP contribution >= 0.6 is 11.8 Å². The molecule has 0 aliphatic rings. The highest BCUT2D eigenvalue weighted by atomic mass is 32.2. The van der Waals surface area contributed by atoms with Gasteiger partial charge in [-0.05, 0) is 26.0 Å². The van der Waals surface area contributed by atoms with E-state index in [4.69, 9.17) is 5.26 Å². The van der Waals surface area contributed by atoms with E-state index in [1.165, 1.54) is 18.7 Å². The molecule has 1 atom stereocenters. The molecule has 0 fully saturated rings. The largest absolute Gasteiger partial charge is 0.245 e. The number of halogens is 2. The lowest BCUT2D eigenvalue weighted by Gasteiger charge is -2.23. The molecule has 0 bridgehead atoms. The molecule has 0 saturated carbocycles. The Kier molecular flexibility index (Phi) is 6.58. The number of rotatable bonds is 8. The third-order valence-corrected chi connectivity index (χ3v) is 6.23. The third-order valence-electron chi connectivity index (χ3n) is 2.66. The van der Waals surface area contributed by atoms with E-state index in [0.717, 1.165) is 12.7 Å². The average molecular weight is 299 g/mol. The van der Waals surface area contributed by atoms with Crippen molar-refractivity contribution in [2.45, 2.75) is 44.3 Å². The molecular formula is C11H19F2NO2S2. The van der Waals surface area contributed by atoms with Gasteiger partial charge in [-0.2, -0.15) is 17.0 Å². The summed E-state index contributed by atoms with van der Waals surface area (Å²) in [7, 11) is -3.68. The van der Waals surface area contributed by atoms with Gasteiger partial charge in [0.25, 0.3) is 0 Å². The average Bonchev–Trinajstić information content (AvgIpc) is 2.25. The molecule has 0 aliphatic heterocycles. The standard InChI is InChI=1S/C11H19F2NO2S2/c1-4-17-7-8-18(15,16)10(2,9-14)5-6-11(3,12)13/h4-8H2,1-3H3. The summed E-state index contributed by atoms with van der Waals surface area (Å²) in [6.45, 7) is 3.85. The molecule has 0 aromatic heterocycles. The zero-order valence-corrected chi connectivity index (χ0v) is 12.5. The molecule has 0 spiro atoms. The fourth-order valence-corrected chi connectivity index (χ4v) is 3.92. The maximum absolute atomic E-state index is 12.8. The summed E-state index contributed by atoms with van der Waals surface area (Å²) in [6.07, 6.45) is -0.941. The SMILES string of the molecule is CCSCCS(=O)(=O)C(C)(C#N)CCC(C)(F)F. The smallest absolute Gasteiger partial charge is 0.227 e. The van der Waals surface area contributed by atoms with E-state index in [9.17, 15) is 17.2 Å². The molecule has 0 aromatic carbocycles. The molecule has 1 unspecified atom stereocenters. The van der Waals surface area contributed by atoms with E-state index in [2.05, 4.69) is 0 Å². The van der Waals surface area contributed by atoms with Crippen LogP contribution in [0.2, 0.25) is 0 Å². The predicted molar refractivity (Wildman–Crippen MR) is 70.7 cm³/mol. The first-order chi connectivity index (χ1) is 8.08. The van der Waals surface area contributed by atoms with Crippen molar-refractivity contribution in [2.24, 2.45) is 0 Å². The molecular weight excluding hydrogens is 280 g/mol. The highest BCUT2D eigenvalue weighted by molar-refractivity contribution is 8.00. The Balaban J connectivity index is 4.77.